The standard InChI is InChI=1S/C46H48N4O.Pt/c1-27(2)19-34-17-18-47-43(22-34)49-41-14-12-11-13-39(41)40-16-15-37(26-42(40)49)51-38-24-35(28(3)4)23-36(25-38)50-46(29(5)6)45(33(10)48-50)44-31(8)20-30(7)21-32(44)9;/h11-18,20-24,27-29H,19H2,1-10H3;/q-2;+2. The van der Waals surface area contributed by atoms with Gasteiger partial charge >= 0.3 is 21.1 Å². The molecular formula is C46H48N4OPt. The monoisotopic (exact) mass is 867 g/mol. The molecule has 268 valence electrons. The molecule has 5 nitrogen and oxygen atoms in total. The van der Waals surface area contributed by atoms with E-state index in [1.54, 1.807) is 0 Å². The Morgan fingerprint density at radius 3 is 2.15 bits per heavy atom. The van der Waals surface area contributed by atoms with Crippen LogP contribution in [0.15, 0.2) is 79.0 Å². The van der Waals surface area contributed by atoms with E-state index in [2.05, 4.69) is 157 Å². The van der Waals surface area contributed by atoms with Crippen molar-refractivity contribution in [1.29, 1.82) is 0 Å². The van der Waals surface area contributed by atoms with Crippen LogP contribution in [-0.2, 0) is 27.5 Å². The summed E-state index contributed by atoms with van der Waals surface area (Å²) < 4.78 is 11.0. The molecule has 3 aromatic heterocycles. The molecule has 0 amide bonds. The minimum Gasteiger partial charge on any atom is -0.509 e. The molecule has 3 heterocycles. The van der Waals surface area contributed by atoms with E-state index in [0.717, 1.165) is 51.0 Å². The van der Waals surface area contributed by atoms with Crippen molar-refractivity contribution >= 4 is 21.8 Å². The molecule has 0 aliphatic heterocycles. The summed E-state index contributed by atoms with van der Waals surface area (Å²) in [5, 5.41) is 7.45. The van der Waals surface area contributed by atoms with Crippen molar-refractivity contribution in [1.82, 2.24) is 19.3 Å². The third-order valence-electron chi connectivity index (χ3n) is 9.78. The maximum Gasteiger partial charge on any atom is 2.00 e. The van der Waals surface area contributed by atoms with E-state index < -0.39 is 0 Å². The number of aryl methyl sites for hydroxylation is 4. The number of hydrogen-bond acceptors (Lipinski definition) is 3. The average Bonchev–Trinajstić information content (AvgIpc) is 3.58. The number of aromatic nitrogens is 4. The number of pyridine rings is 1. The van der Waals surface area contributed by atoms with Gasteiger partial charge in [-0.3, -0.25) is 4.68 Å². The smallest absolute Gasteiger partial charge is 0.509 e. The number of ether oxygens (including phenoxy) is 1. The first-order chi connectivity index (χ1) is 24.4. The first-order valence-corrected chi connectivity index (χ1v) is 18.2. The Morgan fingerprint density at radius 1 is 0.731 bits per heavy atom. The minimum atomic E-state index is 0. The van der Waals surface area contributed by atoms with Gasteiger partial charge in [0.05, 0.1) is 11.4 Å². The molecule has 52 heavy (non-hydrogen) atoms. The van der Waals surface area contributed by atoms with E-state index in [9.17, 15) is 0 Å². The molecule has 0 fully saturated rings. The zero-order valence-corrected chi connectivity index (χ0v) is 34.2. The summed E-state index contributed by atoms with van der Waals surface area (Å²) in [6, 6.07) is 33.0. The van der Waals surface area contributed by atoms with Gasteiger partial charge in [-0.1, -0.05) is 83.0 Å². The summed E-state index contributed by atoms with van der Waals surface area (Å²) in [6.45, 7) is 22.1. The van der Waals surface area contributed by atoms with E-state index >= 15 is 0 Å². The van der Waals surface area contributed by atoms with Crippen LogP contribution >= 0.6 is 0 Å². The Bertz CT molecular complexity index is 2390. The molecule has 0 aliphatic rings. The summed E-state index contributed by atoms with van der Waals surface area (Å²) in [5.74, 6) is 3.20. The number of rotatable bonds is 9. The molecule has 4 aromatic carbocycles. The van der Waals surface area contributed by atoms with Crippen molar-refractivity contribution in [3.63, 3.8) is 0 Å². The largest absolute Gasteiger partial charge is 2.00 e. The fraction of sp³-hybridized carbons (Fsp3) is 0.304. The van der Waals surface area contributed by atoms with Gasteiger partial charge in [0.25, 0.3) is 0 Å². The van der Waals surface area contributed by atoms with Crippen LogP contribution < -0.4 is 4.74 Å². The molecule has 7 rings (SSSR count). The van der Waals surface area contributed by atoms with Gasteiger partial charge in [0.1, 0.15) is 5.82 Å². The number of hydrogen-bond donors (Lipinski definition) is 0. The molecule has 0 atom stereocenters. The second kappa shape index (κ2) is 14.9. The maximum atomic E-state index is 6.69. The normalized spacial score (nSPS) is 11.7. The van der Waals surface area contributed by atoms with Crippen LogP contribution in [0.25, 0.3) is 44.4 Å². The molecule has 0 aliphatic carbocycles. The fourth-order valence-corrected chi connectivity index (χ4v) is 7.67. The van der Waals surface area contributed by atoms with Crippen molar-refractivity contribution in [2.45, 2.75) is 87.5 Å². The number of fused-ring (bicyclic) bond motifs is 3. The Balaban J connectivity index is 0.00000464. The summed E-state index contributed by atoms with van der Waals surface area (Å²) in [7, 11) is 0. The van der Waals surface area contributed by atoms with Crippen LogP contribution in [0.3, 0.4) is 0 Å². The molecule has 0 radical (unpaired) electrons. The Hall–Kier alpha value is -4.47. The maximum absolute atomic E-state index is 6.69. The van der Waals surface area contributed by atoms with E-state index in [0.29, 0.717) is 17.4 Å². The van der Waals surface area contributed by atoms with Gasteiger partial charge in [-0.2, -0.15) is 11.2 Å². The Labute approximate surface area is 323 Å². The molecule has 0 saturated carbocycles. The van der Waals surface area contributed by atoms with Gasteiger partial charge in [0.2, 0.25) is 0 Å². The third kappa shape index (κ3) is 7.00. The van der Waals surface area contributed by atoms with Crippen LogP contribution in [0.5, 0.6) is 11.5 Å². The van der Waals surface area contributed by atoms with Crippen LogP contribution in [0.1, 0.15) is 92.6 Å². The van der Waals surface area contributed by atoms with Gasteiger partial charge in [0, 0.05) is 28.8 Å². The predicted molar refractivity (Wildman–Crippen MR) is 211 cm³/mol. The Kier molecular flexibility index (Phi) is 10.7. The van der Waals surface area contributed by atoms with Crippen molar-refractivity contribution in [2.75, 3.05) is 0 Å². The zero-order valence-electron chi connectivity index (χ0n) is 32.0. The van der Waals surface area contributed by atoms with Gasteiger partial charge < -0.3 is 9.30 Å². The minimum absolute atomic E-state index is 0. The second-order valence-electron chi connectivity index (χ2n) is 15.2. The van der Waals surface area contributed by atoms with E-state index in [1.807, 2.05) is 12.3 Å². The van der Waals surface area contributed by atoms with E-state index in [4.69, 9.17) is 14.8 Å². The van der Waals surface area contributed by atoms with E-state index in [1.165, 1.54) is 39.1 Å². The molecule has 0 bridgehead atoms. The third-order valence-corrected chi connectivity index (χ3v) is 9.78. The SMILES string of the molecule is Cc1cc(C)c(-c2c(C)nn(-c3[c-]c(Oc4[c-]c5c(cc4)c4ccccc4n5-c4cc(CC(C)C)ccn4)cc(C(C)C)c3)c2C(C)C)c(C)c1.[Pt+2]. The van der Waals surface area contributed by atoms with Gasteiger partial charge in [0.15, 0.2) is 0 Å². The Morgan fingerprint density at radius 2 is 1.46 bits per heavy atom. The van der Waals surface area contributed by atoms with Gasteiger partial charge in [-0.05, 0) is 103 Å². The fourth-order valence-electron chi connectivity index (χ4n) is 7.67. The van der Waals surface area contributed by atoms with Crippen LogP contribution in [0, 0.1) is 45.7 Å². The summed E-state index contributed by atoms with van der Waals surface area (Å²) in [4.78, 5) is 4.83. The second-order valence-corrected chi connectivity index (χ2v) is 15.2. The van der Waals surface area contributed by atoms with Crippen LogP contribution in [-0.4, -0.2) is 19.3 Å². The average molecular weight is 868 g/mol. The quantitative estimate of drug-likeness (QED) is 0.136. The van der Waals surface area contributed by atoms with Crippen molar-refractivity contribution < 1.29 is 25.8 Å². The molecule has 0 unspecified atom stereocenters. The van der Waals surface area contributed by atoms with Crippen molar-refractivity contribution in [3.8, 4) is 34.1 Å². The first-order valence-electron chi connectivity index (χ1n) is 18.2. The van der Waals surface area contributed by atoms with Gasteiger partial charge in [-0.15, -0.1) is 41.3 Å². The molecule has 0 N–H and O–H groups in total. The van der Waals surface area contributed by atoms with Crippen molar-refractivity contribution in [2.24, 2.45) is 5.92 Å². The molecular weight excluding hydrogens is 820 g/mol. The van der Waals surface area contributed by atoms with Crippen molar-refractivity contribution in [3.05, 3.63) is 130 Å². The molecule has 0 spiro atoms. The first kappa shape index (κ1) is 37.3. The number of benzene rings is 4. The van der Waals surface area contributed by atoms with Crippen LogP contribution in [0.4, 0.5) is 0 Å². The molecule has 0 saturated heterocycles. The number of nitrogens with zero attached hydrogens (tertiary/aromatic N) is 4. The number of para-hydroxylation sites is 1. The van der Waals surface area contributed by atoms with Gasteiger partial charge in [-0.25, -0.2) is 4.98 Å². The van der Waals surface area contributed by atoms with Crippen LogP contribution in [0.2, 0.25) is 0 Å². The summed E-state index contributed by atoms with van der Waals surface area (Å²) in [6.07, 6.45) is 2.91. The predicted octanol–water partition coefficient (Wildman–Crippen LogP) is 12.1. The molecule has 6 heteroatoms. The molecule has 7 aromatic rings. The summed E-state index contributed by atoms with van der Waals surface area (Å²) >= 11 is 0. The summed E-state index contributed by atoms with van der Waals surface area (Å²) in [5.41, 5.74) is 13.8. The van der Waals surface area contributed by atoms with E-state index in [-0.39, 0.29) is 32.9 Å². The zero-order chi connectivity index (χ0) is 36.1. The topological polar surface area (TPSA) is 44.9 Å².